The van der Waals surface area contributed by atoms with Crippen LogP contribution >= 0.6 is 0 Å². The van der Waals surface area contributed by atoms with Gasteiger partial charge in [-0.15, -0.1) is 0 Å². The maximum absolute atomic E-state index is 5.26. The minimum Gasteiger partial charge on any atom is -0.479 e. The van der Waals surface area contributed by atoms with Crippen LogP contribution in [0.25, 0.3) is 0 Å². The lowest BCUT2D eigenvalue weighted by molar-refractivity contribution is 0.157. The van der Waals surface area contributed by atoms with Crippen molar-refractivity contribution >= 4 is 0 Å². The zero-order valence-corrected chi connectivity index (χ0v) is 5.39. The maximum Gasteiger partial charge on any atom is 0.183 e. The van der Waals surface area contributed by atoms with Crippen molar-refractivity contribution in [1.29, 1.82) is 0 Å². The summed E-state index contributed by atoms with van der Waals surface area (Å²) in [5.41, 5.74) is 5.26. The molecule has 1 rings (SSSR count). The van der Waals surface area contributed by atoms with Crippen LogP contribution in [0.3, 0.4) is 0 Å². The minimum absolute atomic E-state index is 0.544. The fourth-order valence-corrected chi connectivity index (χ4v) is 0.755. The molecule has 1 saturated heterocycles. The Morgan fingerprint density at radius 3 is 3.22 bits per heavy atom. The molecule has 0 aromatic carbocycles. The van der Waals surface area contributed by atoms with Crippen LogP contribution in [0.2, 0.25) is 0 Å². The summed E-state index contributed by atoms with van der Waals surface area (Å²) in [5, 5.41) is 3.08. The summed E-state index contributed by atoms with van der Waals surface area (Å²) in [5.74, 6) is 0.837. The Balaban J connectivity index is 2.30. The van der Waals surface area contributed by atoms with Gasteiger partial charge in [0.1, 0.15) is 0 Å². The van der Waals surface area contributed by atoms with Gasteiger partial charge in [0.15, 0.2) is 5.88 Å². The molecule has 0 amide bonds. The second-order valence-electron chi connectivity index (χ2n) is 1.93. The molecule has 1 fully saturated rings. The van der Waals surface area contributed by atoms with Crippen LogP contribution < -0.4 is 11.1 Å². The number of ether oxygens (including phenoxy) is 1. The highest BCUT2D eigenvalue weighted by Gasteiger charge is 2.01. The standard InChI is InChI=1S/C6H12N2O/c7-3-2-6-8-4-1-5-9-6/h2,8H,1,3-5,7H2/b6-2+. The summed E-state index contributed by atoms with van der Waals surface area (Å²) in [6.07, 6.45) is 2.93. The van der Waals surface area contributed by atoms with E-state index in [9.17, 15) is 0 Å². The van der Waals surface area contributed by atoms with E-state index in [1.165, 1.54) is 0 Å². The molecule has 0 bridgehead atoms. The number of nitrogens with two attached hydrogens (primary N) is 1. The number of hydrogen-bond acceptors (Lipinski definition) is 3. The molecule has 3 nitrogen and oxygen atoms in total. The van der Waals surface area contributed by atoms with Crippen molar-refractivity contribution in [3.63, 3.8) is 0 Å². The topological polar surface area (TPSA) is 47.3 Å². The van der Waals surface area contributed by atoms with Crippen molar-refractivity contribution in [2.75, 3.05) is 19.7 Å². The third kappa shape index (κ3) is 1.93. The molecule has 0 aliphatic carbocycles. The van der Waals surface area contributed by atoms with Gasteiger partial charge in [0, 0.05) is 13.1 Å². The molecule has 0 saturated carbocycles. The van der Waals surface area contributed by atoms with E-state index in [4.69, 9.17) is 10.5 Å². The Labute approximate surface area is 54.9 Å². The quantitative estimate of drug-likeness (QED) is 0.514. The molecule has 1 aliphatic heterocycles. The molecule has 1 heterocycles. The number of rotatable bonds is 1. The molecular formula is C6H12N2O. The van der Waals surface area contributed by atoms with E-state index < -0.39 is 0 Å². The molecule has 9 heavy (non-hydrogen) atoms. The molecule has 0 radical (unpaired) electrons. The van der Waals surface area contributed by atoms with Crippen LogP contribution in [-0.4, -0.2) is 19.7 Å². The van der Waals surface area contributed by atoms with Crippen molar-refractivity contribution in [3.8, 4) is 0 Å². The first-order valence-electron chi connectivity index (χ1n) is 3.20. The number of hydrogen-bond donors (Lipinski definition) is 2. The second kappa shape index (κ2) is 3.35. The molecular weight excluding hydrogens is 116 g/mol. The molecule has 1 aliphatic rings. The van der Waals surface area contributed by atoms with E-state index in [2.05, 4.69) is 5.32 Å². The van der Waals surface area contributed by atoms with Gasteiger partial charge in [-0.3, -0.25) is 0 Å². The lowest BCUT2D eigenvalue weighted by atomic mass is 10.4. The predicted octanol–water partition coefficient (Wildman–Crippen LogP) is -0.204. The van der Waals surface area contributed by atoms with Gasteiger partial charge in [0.25, 0.3) is 0 Å². The van der Waals surface area contributed by atoms with Crippen molar-refractivity contribution in [2.24, 2.45) is 5.73 Å². The first kappa shape index (κ1) is 6.42. The summed E-state index contributed by atoms with van der Waals surface area (Å²) < 4.78 is 5.19. The van der Waals surface area contributed by atoms with Gasteiger partial charge in [-0.05, 0) is 12.5 Å². The van der Waals surface area contributed by atoms with Gasteiger partial charge in [-0.2, -0.15) is 0 Å². The minimum atomic E-state index is 0.544. The van der Waals surface area contributed by atoms with E-state index >= 15 is 0 Å². The molecule has 0 atom stereocenters. The predicted molar refractivity (Wildman–Crippen MR) is 35.7 cm³/mol. The van der Waals surface area contributed by atoms with Gasteiger partial charge in [0.05, 0.1) is 6.61 Å². The summed E-state index contributed by atoms with van der Waals surface area (Å²) in [6.45, 7) is 2.37. The Kier molecular flexibility index (Phi) is 2.39. The Hall–Kier alpha value is -0.700. The molecule has 3 heteroatoms. The summed E-state index contributed by atoms with van der Waals surface area (Å²) in [4.78, 5) is 0. The van der Waals surface area contributed by atoms with E-state index in [1.54, 1.807) is 0 Å². The summed E-state index contributed by atoms with van der Waals surface area (Å²) in [7, 11) is 0. The monoisotopic (exact) mass is 128 g/mol. The van der Waals surface area contributed by atoms with E-state index in [0.717, 1.165) is 25.5 Å². The maximum atomic E-state index is 5.26. The molecule has 0 aromatic heterocycles. The molecule has 0 aromatic rings. The zero-order chi connectivity index (χ0) is 6.53. The van der Waals surface area contributed by atoms with Gasteiger partial charge in [0.2, 0.25) is 0 Å². The van der Waals surface area contributed by atoms with E-state index in [0.29, 0.717) is 6.54 Å². The SMILES string of the molecule is NC/C=C1\NCCCO1. The normalized spacial score (nSPS) is 23.0. The van der Waals surface area contributed by atoms with Gasteiger partial charge in [-0.1, -0.05) is 0 Å². The van der Waals surface area contributed by atoms with E-state index in [-0.39, 0.29) is 0 Å². The largest absolute Gasteiger partial charge is 0.479 e. The average Bonchev–Trinajstić information content (AvgIpc) is 1.91. The van der Waals surface area contributed by atoms with Crippen LogP contribution in [0.1, 0.15) is 6.42 Å². The van der Waals surface area contributed by atoms with Crippen LogP contribution in [0.4, 0.5) is 0 Å². The summed E-state index contributed by atoms with van der Waals surface area (Å²) in [6, 6.07) is 0. The van der Waals surface area contributed by atoms with Crippen LogP contribution in [0.15, 0.2) is 12.0 Å². The van der Waals surface area contributed by atoms with Crippen molar-refractivity contribution in [3.05, 3.63) is 12.0 Å². The van der Waals surface area contributed by atoms with Gasteiger partial charge in [-0.25, -0.2) is 0 Å². The third-order valence-electron chi connectivity index (χ3n) is 1.18. The Bertz CT molecular complexity index is 104. The first-order chi connectivity index (χ1) is 4.43. The fourth-order valence-electron chi connectivity index (χ4n) is 0.755. The zero-order valence-electron chi connectivity index (χ0n) is 5.39. The van der Waals surface area contributed by atoms with Crippen molar-refractivity contribution in [2.45, 2.75) is 6.42 Å². The fraction of sp³-hybridized carbons (Fsp3) is 0.667. The third-order valence-corrected chi connectivity index (χ3v) is 1.18. The molecule has 52 valence electrons. The Morgan fingerprint density at radius 1 is 1.78 bits per heavy atom. The molecule has 0 spiro atoms. The molecule has 3 N–H and O–H groups in total. The highest BCUT2D eigenvalue weighted by atomic mass is 16.5. The highest BCUT2D eigenvalue weighted by molar-refractivity contribution is 4.92. The van der Waals surface area contributed by atoms with Crippen molar-refractivity contribution in [1.82, 2.24) is 5.32 Å². The van der Waals surface area contributed by atoms with E-state index in [1.807, 2.05) is 6.08 Å². The van der Waals surface area contributed by atoms with Crippen LogP contribution in [0.5, 0.6) is 0 Å². The lowest BCUT2D eigenvalue weighted by Gasteiger charge is -2.17. The smallest absolute Gasteiger partial charge is 0.183 e. The first-order valence-corrected chi connectivity index (χ1v) is 3.20. The molecule has 0 unspecified atom stereocenters. The summed E-state index contributed by atoms with van der Waals surface area (Å²) >= 11 is 0. The second-order valence-corrected chi connectivity index (χ2v) is 1.93. The van der Waals surface area contributed by atoms with Crippen molar-refractivity contribution < 1.29 is 4.74 Å². The van der Waals surface area contributed by atoms with Gasteiger partial charge >= 0.3 is 0 Å². The van der Waals surface area contributed by atoms with Crippen LogP contribution in [0, 0.1) is 0 Å². The van der Waals surface area contributed by atoms with Crippen LogP contribution in [-0.2, 0) is 4.74 Å². The highest BCUT2D eigenvalue weighted by Crippen LogP contribution is 1.98. The lowest BCUT2D eigenvalue weighted by Crippen LogP contribution is -2.25. The number of nitrogens with one attached hydrogen (secondary N) is 1. The Morgan fingerprint density at radius 2 is 2.67 bits per heavy atom. The van der Waals surface area contributed by atoms with Gasteiger partial charge < -0.3 is 15.8 Å². The average molecular weight is 128 g/mol.